The van der Waals surface area contributed by atoms with Gasteiger partial charge < -0.3 is 9.63 Å². The Labute approximate surface area is 97.1 Å². The zero-order chi connectivity index (χ0) is 11.8. The molecule has 1 saturated carbocycles. The van der Waals surface area contributed by atoms with E-state index in [1.54, 1.807) is 0 Å². The zero-order valence-electron chi connectivity index (χ0n) is 9.06. The van der Waals surface area contributed by atoms with Gasteiger partial charge in [-0.2, -0.15) is 4.98 Å². The minimum Gasteiger partial charge on any atom is -0.507 e. The van der Waals surface area contributed by atoms with Gasteiger partial charge in [-0.15, -0.1) is 0 Å². The highest BCUT2D eigenvalue weighted by Crippen LogP contribution is 2.34. The average Bonchev–Trinajstić information content (AvgIpc) is 2.97. The first-order valence-corrected chi connectivity index (χ1v) is 5.54. The fraction of sp³-hybridized carbons (Fsp3) is 0.333. The van der Waals surface area contributed by atoms with Crippen LogP contribution in [0.5, 0.6) is 5.75 Å². The molecule has 0 radical (unpaired) electrons. The molecule has 5 heteroatoms. The van der Waals surface area contributed by atoms with Crippen molar-refractivity contribution in [1.82, 2.24) is 10.1 Å². The van der Waals surface area contributed by atoms with E-state index in [0.29, 0.717) is 11.7 Å². The van der Waals surface area contributed by atoms with Crippen LogP contribution in [0.1, 0.15) is 18.7 Å². The highest BCUT2D eigenvalue weighted by atomic mass is 19.1. The van der Waals surface area contributed by atoms with Crippen LogP contribution in [-0.2, 0) is 6.42 Å². The van der Waals surface area contributed by atoms with E-state index in [1.165, 1.54) is 31.0 Å². The zero-order valence-corrected chi connectivity index (χ0v) is 9.06. The molecular weight excluding hydrogens is 223 g/mol. The summed E-state index contributed by atoms with van der Waals surface area (Å²) in [5.41, 5.74) is -0.0259. The van der Waals surface area contributed by atoms with Crippen LogP contribution in [0, 0.1) is 11.7 Å². The van der Waals surface area contributed by atoms with Crippen molar-refractivity contribution in [2.75, 3.05) is 0 Å². The molecule has 1 aliphatic carbocycles. The molecule has 0 aliphatic heterocycles. The maximum Gasteiger partial charge on any atom is 0.264 e. The van der Waals surface area contributed by atoms with Crippen LogP contribution in [0.3, 0.4) is 0 Å². The number of aromatic hydroxyl groups is 1. The second-order valence-electron chi connectivity index (χ2n) is 4.30. The minimum absolute atomic E-state index is 0.0259. The van der Waals surface area contributed by atoms with Crippen molar-refractivity contribution in [3.8, 4) is 17.2 Å². The maximum atomic E-state index is 13.5. The summed E-state index contributed by atoms with van der Waals surface area (Å²) in [5, 5.41) is 13.4. The van der Waals surface area contributed by atoms with Crippen LogP contribution in [-0.4, -0.2) is 15.2 Å². The number of phenols is 1. The summed E-state index contributed by atoms with van der Waals surface area (Å²) in [6.45, 7) is 0. The molecule has 0 atom stereocenters. The van der Waals surface area contributed by atoms with Crippen LogP contribution in [0.25, 0.3) is 11.5 Å². The number of phenolic OH excluding ortho intramolecular Hbond substituents is 1. The van der Waals surface area contributed by atoms with E-state index in [-0.39, 0.29) is 17.2 Å². The van der Waals surface area contributed by atoms with Gasteiger partial charge in [0.1, 0.15) is 17.1 Å². The largest absolute Gasteiger partial charge is 0.507 e. The third-order valence-corrected chi connectivity index (χ3v) is 2.84. The molecule has 0 amide bonds. The topological polar surface area (TPSA) is 59.2 Å². The van der Waals surface area contributed by atoms with Crippen LogP contribution in [0.15, 0.2) is 22.7 Å². The Morgan fingerprint density at radius 2 is 2.24 bits per heavy atom. The summed E-state index contributed by atoms with van der Waals surface area (Å²) < 4.78 is 18.5. The molecule has 1 fully saturated rings. The molecule has 1 heterocycles. The second kappa shape index (κ2) is 3.84. The number of hydrogen-bond acceptors (Lipinski definition) is 4. The molecule has 2 aromatic rings. The Kier molecular flexibility index (Phi) is 2.31. The van der Waals surface area contributed by atoms with E-state index < -0.39 is 5.82 Å². The Balaban J connectivity index is 1.94. The lowest BCUT2D eigenvalue weighted by Crippen LogP contribution is -1.90. The van der Waals surface area contributed by atoms with Gasteiger partial charge in [-0.3, -0.25) is 0 Å². The van der Waals surface area contributed by atoms with Gasteiger partial charge >= 0.3 is 0 Å². The lowest BCUT2D eigenvalue weighted by atomic mass is 10.2. The van der Waals surface area contributed by atoms with E-state index in [9.17, 15) is 9.50 Å². The molecule has 0 unspecified atom stereocenters. The summed E-state index contributed by atoms with van der Waals surface area (Å²) in [4.78, 5) is 4.10. The first kappa shape index (κ1) is 10.3. The molecule has 17 heavy (non-hydrogen) atoms. The molecule has 1 aromatic heterocycles. The standard InChI is InChI=1S/C12H11FN2O2/c13-8-2-1-3-9(16)11(8)12-14-10(15-17-12)6-7-4-5-7/h1-3,7,16H,4-6H2. The van der Waals surface area contributed by atoms with E-state index in [1.807, 2.05) is 0 Å². The van der Waals surface area contributed by atoms with Crippen LogP contribution in [0.2, 0.25) is 0 Å². The molecule has 1 N–H and O–H groups in total. The molecular formula is C12H11FN2O2. The number of aromatic nitrogens is 2. The van der Waals surface area contributed by atoms with Gasteiger partial charge in [0.25, 0.3) is 5.89 Å². The summed E-state index contributed by atoms with van der Waals surface area (Å²) in [5.74, 6) is 0.495. The van der Waals surface area contributed by atoms with Crippen molar-refractivity contribution in [2.45, 2.75) is 19.3 Å². The number of halogens is 1. The van der Waals surface area contributed by atoms with Crippen molar-refractivity contribution in [3.63, 3.8) is 0 Å². The summed E-state index contributed by atoms with van der Waals surface area (Å²) >= 11 is 0. The molecule has 0 spiro atoms. The minimum atomic E-state index is -0.563. The van der Waals surface area contributed by atoms with Gasteiger partial charge in [0.2, 0.25) is 0 Å². The summed E-state index contributed by atoms with van der Waals surface area (Å²) in [6.07, 6.45) is 3.14. The van der Waals surface area contributed by atoms with Gasteiger partial charge in [0.05, 0.1) is 0 Å². The first-order chi connectivity index (χ1) is 8.24. The molecule has 0 bridgehead atoms. The highest BCUT2D eigenvalue weighted by molar-refractivity contribution is 5.62. The Hall–Kier alpha value is -1.91. The maximum absolute atomic E-state index is 13.5. The third kappa shape index (κ3) is 2.00. The molecule has 88 valence electrons. The van der Waals surface area contributed by atoms with Gasteiger partial charge in [-0.05, 0) is 30.9 Å². The number of rotatable bonds is 3. The molecule has 1 aliphatic rings. The smallest absolute Gasteiger partial charge is 0.264 e. The molecule has 0 saturated heterocycles. The predicted molar refractivity (Wildman–Crippen MR) is 57.8 cm³/mol. The van der Waals surface area contributed by atoms with Gasteiger partial charge in [-0.25, -0.2) is 4.39 Å². The van der Waals surface area contributed by atoms with Crippen molar-refractivity contribution in [2.24, 2.45) is 5.92 Å². The third-order valence-electron chi connectivity index (χ3n) is 2.84. The van der Waals surface area contributed by atoms with E-state index >= 15 is 0 Å². The van der Waals surface area contributed by atoms with E-state index in [4.69, 9.17) is 4.52 Å². The van der Waals surface area contributed by atoms with Crippen molar-refractivity contribution in [3.05, 3.63) is 29.8 Å². The molecule has 3 rings (SSSR count). The monoisotopic (exact) mass is 234 g/mol. The SMILES string of the molecule is Oc1cccc(F)c1-c1nc(CC2CC2)no1. The lowest BCUT2D eigenvalue weighted by Gasteiger charge is -1.99. The number of benzene rings is 1. The van der Waals surface area contributed by atoms with Crippen LogP contribution < -0.4 is 0 Å². The van der Waals surface area contributed by atoms with E-state index in [2.05, 4.69) is 10.1 Å². The molecule has 4 nitrogen and oxygen atoms in total. The highest BCUT2D eigenvalue weighted by Gasteiger charge is 2.25. The van der Waals surface area contributed by atoms with Crippen molar-refractivity contribution >= 4 is 0 Å². The van der Waals surface area contributed by atoms with Crippen molar-refractivity contribution in [1.29, 1.82) is 0 Å². The summed E-state index contributed by atoms with van der Waals surface area (Å²) in [7, 11) is 0. The number of nitrogens with zero attached hydrogens (tertiary/aromatic N) is 2. The predicted octanol–water partition coefficient (Wildman–Crippen LogP) is 2.53. The lowest BCUT2D eigenvalue weighted by molar-refractivity contribution is 0.412. The Bertz CT molecular complexity index is 529. The quantitative estimate of drug-likeness (QED) is 0.886. The normalized spacial score (nSPS) is 15.1. The fourth-order valence-electron chi connectivity index (χ4n) is 1.74. The van der Waals surface area contributed by atoms with Gasteiger partial charge in [-0.1, -0.05) is 11.2 Å². The Morgan fingerprint density at radius 1 is 1.41 bits per heavy atom. The van der Waals surface area contributed by atoms with Crippen LogP contribution >= 0.6 is 0 Å². The van der Waals surface area contributed by atoms with E-state index in [0.717, 1.165) is 6.42 Å². The summed E-state index contributed by atoms with van der Waals surface area (Å²) in [6, 6.07) is 4.07. The second-order valence-corrected chi connectivity index (χ2v) is 4.30. The number of hydrogen-bond donors (Lipinski definition) is 1. The van der Waals surface area contributed by atoms with Crippen LogP contribution in [0.4, 0.5) is 4.39 Å². The first-order valence-electron chi connectivity index (χ1n) is 5.54. The van der Waals surface area contributed by atoms with Gasteiger partial charge in [0, 0.05) is 6.42 Å². The van der Waals surface area contributed by atoms with Gasteiger partial charge in [0.15, 0.2) is 5.82 Å². The average molecular weight is 234 g/mol. The molecule has 1 aromatic carbocycles. The fourth-order valence-corrected chi connectivity index (χ4v) is 1.74. The van der Waals surface area contributed by atoms with Crippen molar-refractivity contribution < 1.29 is 14.0 Å². The Morgan fingerprint density at radius 3 is 2.94 bits per heavy atom.